The lowest BCUT2D eigenvalue weighted by Gasteiger charge is -2.39. The molecule has 0 aromatic heterocycles. The van der Waals surface area contributed by atoms with Gasteiger partial charge in [0.25, 0.3) is 0 Å². The molecule has 1 aromatic carbocycles. The van der Waals surface area contributed by atoms with E-state index in [0.29, 0.717) is 12.1 Å². The molecule has 1 saturated heterocycles. The highest BCUT2D eigenvalue weighted by molar-refractivity contribution is 5.21. The number of hydrogen-bond donors (Lipinski definition) is 1. The van der Waals surface area contributed by atoms with E-state index in [1.54, 1.807) is 0 Å². The summed E-state index contributed by atoms with van der Waals surface area (Å²) < 4.78 is 0. The minimum absolute atomic E-state index is 0.223. The third-order valence-electron chi connectivity index (χ3n) is 4.90. The lowest BCUT2D eigenvalue weighted by atomic mass is 9.80. The highest BCUT2D eigenvalue weighted by Crippen LogP contribution is 2.34. The number of likely N-dealkylation sites (tertiary alicyclic amines) is 1. The molecule has 21 heavy (non-hydrogen) atoms. The number of hydrogen-bond acceptors (Lipinski definition) is 2. The van der Waals surface area contributed by atoms with Crippen molar-refractivity contribution in [3.63, 3.8) is 0 Å². The average Bonchev–Trinajstić information content (AvgIpc) is 2.45. The fourth-order valence-corrected chi connectivity index (χ4v) is 3.42. The van der Waals surface area contributed by atoms with E-state index in [1.165, 1.54) is 31.5 Å². The quantitative estimate of drug-likeness (QED) is 0.897. The molecule has 2 unspecified atom stereocenters. The molecule has 1 aliphatic rings. The molecule has 0 bridgehead atoms. The predicted molar refractivity (Wildman–Crippen MR) is 91.5 cm³/mol. The number of piperidine rings is 1. The Morgan fingerprint density at radius 1 is 1.10 bits per heavy atom. The molecule has 2 rings (SSSR count). The van der Waals surface area contributed by atoms with Crippen LogP contribution < -0.4 is 5.32 Å². The van der Waals surface area contributed by atoms with Gasteiger partial charge in [-0.3, -0.25) is 0 Å². The van der Waals surface area contributed by atoms with Crippen molar-refractivity contribution in [3.8, 4) is 0 Å². The molecular formula is C19H32N2. The van der Waals surface area contributed by atoms with E-state index in [2.05, 4.69) is 75.3 Å². The molecule has 1 aliphatic heterocycles. The summed E-state index contributed by atoms with van der Waals surface area (Å²) in [5.41, 5.74) is 1.63. The van der Waals surface area contributed by atoms with Gasteiger partial charge in [-0.05, 0) is 56.8 Å². The molecule has 0 spiro atoms. The Hall–Kier alpha value is -0.860. The van der Waals surface area contributed by atoms with Crippen LogP contribution in [0.1, 0.15) is 52.1 Å². The summed E-state index contributed by atoms with van der Waals surface area (Å²) in [7, 11) is 2.23. The highest BCUT2D eigenvalue weighted by atomic mass is 15.1. The van der Waals surface area contributed by atoms with Crippen LogP contribution in [-0.4, -0.2) is 31.1 Å². The standard InChI is InChI=1S/C19H32N2/c1-15(16-11-13-21(5)14-12-16)20-18(19(2,3)4)17-9-7-6-8-10-17/h6-10,15-16,18,20H,11-14H2,1-5H3. The van der Waals surface area contributed by atoms with Gasteiger partial charge in [0.05, 0.1) is 0 Å². The first-order valence-electron chi connectivity index (χ1n) is 8.37. The van der Waals surface area contributed by atoms with Crippen molar-refractivity contribution in [2.45, 2.75) is 52.6 Å². The van der Waals surface area contributed by atoms with Crippen LogP contribution in [0, 0.1) is 11.3 Å². The first-order chi connectivity index (χ1) is 9.88. The summed E-state index contributed by atoms with van der Waals surface area (Å²) >= 11 is 0. The molecular weight excluding hydrogens is 256 g/mol. The molecule has 2 nitrogen and oxygen atoms in total. The summed E-state index contributed by atoms with van der Waals surface area (Å²) in [5.74, 6) is 0.801. The van der Waals surface area contributed by atoms with Gasteiger partial charge in [-0.25, -0.2) is 0 Å². The van der Waals surface area contributed by atoms with Gasteiger partial charge in [0.15, 0.2) is 0 Å². The molecule has 2 atom stereocenters. The molecule has 1 N–H and O–H groups in total. The second-order valence-electron chi connectivity index (χ2n) is 7.81. The largest absolute Gasteiger partial charge is 0.307 e. The van der Waals surface area contributed by atoms with Crippen molar-refractivity contribution < 1.29 is 0 Å². The SMILES string of the molecule is CC(NC(c1ccccc1)C(C)(C)C)C1CCN(C)CC1. The summed E-state index contributed by atoms with van der Waals surface area (Å²) in [6, 6.07) is 11.9. The Morgan fingerprint density at radius 3 is 2.19 bits per heavy atom. The molecule has 118 valence electrons. The first-order valence-corrected chi connectivity index (χ1v) is 8.37. The number of rotatable bonds is 4. The molecule has 0 saturated carbocycles. The maximum Gasteiger partial charge on any atom is 0.0371 e. The summed E-state index contributed by atoms with van der Waals surface area (Å²) in [4.78, 5) is 2.45. The van der Waals surface area contributed by atoms with E-state index in [9.17, 15) is 0 Å². The van der Waals surface area contributed by atoms with Gasteiger partial charge >= 0.3 is 0 Å². The Kier molecular flexibility index (Phi) is 5.45. The first kappa shape index (κ1) is 16.5. The van der Waals surface area contributed by atoms with Gasteiger partial charge in [-0.15, -0.1) is 0 Å². The third kappa shape index (κ3) is 4.55. The second-order valence-corrected chi connectivity index (χ2v) is 7.81. The van der Waals surface area contributed by atoms with Crippen LogP contribution in [0.25, 0.3) is 0 Å². The number of nitrogens with zero attached hydrogens (tertiary/aromatic N) is 1. The highest BCUT2D eigenvalue weighted by Gasteiger charge is 2.30. The van der Waals surface area contributed by atoms with Crippen molar-refractivity contribution >= 4 is 0 Å². The molecule has 0 amide bonds. The van der Waals surface area contributed by atoms with Crippen LogP contribution in [0.2, 0.25) is 0 Å². The fraction of sp³-hybridized carbons (Fsp3) is 0.684. The fourth-order valence-electron chi connectivity index (χ4n) is 3.42. The van der Waals surface area contributed by atoms with Crippen LogP contribution in [-0.2, 0) is 0 Å². The zero-order valence-corrected chi connectivity index (χ0v) is 14.4. The van der Waals surface area contributed by atoms with Gasteiger partial charge in [0.2, 0.25) is 0 Å². The van der Waals surface area contributed by atoms with Gasteiger partial charge in [-0.2, -0.15) is 0 Å². The molecule has 2 heteroatoms. The normalized spacial score (nSPS) is 21.2. The monoisotopic (exact) mass is 288 g/mol. The van der Waals surface area contributed by atoms with Crippen molar-refractivity contribution in [2.75, 3.05) is 20.1 Å². The van der Waals surface area contributed by atoms with Crippen molar-refractivity contribution in [1.29, 1.82) is 0 Å². The van der Waals surface area contributed by atoms with Gasteiger partial charge in [-0.1, -0.05) is 51.1 Å². The molecule has 0 aliphatic carbocycles. The van der Waals surface area contributed by atoms with Crippen LogP contribution in [0.5, 0.6) is 0 Å². The smallest absolute Gasteiger partial charge is 0.0371 e. The minimum Gasteiger partial charge on any atom is -0.307 e. The molecule has 1 heterocycles. The lowest BCUT2D eigenvalue weighted by molar-refractivity contribution is 0.163. The Bertz CT molecular complexity index is 413. The van der Waals surface area contributed by atoms with Crippen molar-refractivity contribution in [1.82, 2.24) is 10.2 Å². The number of benzene rings is 1. The minimum atomic E-state index is 0.223. The zero-order valence-electron chi connectivity index (χ0n) is 14.4. The van der Waals surface area contributed by atoms with E-state index in [-0.39, 0.29) is 5.41 Å². The maximum atomic E-state index is 3.94. The lowest BCUT2D eigenvalue weighted by Crippen LogP contribution is -2.45. The summed E-state index contributed by atoms with van der Waals surface area (Å²) in [6.07, 6.45) is 2.63. The Morgan fingerprint density at radius 2 is 1.67 bits per heavy atom. The molecule has 1 fully saturated rings. The van der Waals surface area contributed by atoms with Crippen molar-refractivity contribution in [3.05, 3.63) is 35.9 Å². The number of nitrogens with one attached hydrogen (secondary N) is 1. The van der Waals surface area contributed by atoms with E-state index in [1.807, 2.05) is 0 Å². The van der Waals surface area contributed by atoms with Crippen molar-refractivity contribution in [2.24, 2.45) is 11.3 Å². The summed E-state index contributed by atoms with van der Waals surface area (Å²) in [6.45, 7) is 11.8. The van der Waals surface area contributed by atoms with Crippen LogP contribution in [0.4, 0.5) is 0 Å². The van der Waals surface area contributed by atoms with Crippen LogP contribution in [0.15, 0.2) is 30.3 Å². The van der Waals surface area contributed by atoms with E-state index < -0.39 is 0 Å². The Labute approximate surface area is 130 Å². The van der Waals surface area contributed by atoms with E-state index in [4.69, 9.17) is 0 Å². The maximum absolute atomic E-state index is 3.94. The predicted octanol–water partition coefficient (Wildman–Crippen LogP) is 4.09. The average molecular weight is 288 g/mol. The topological polar surface area (TPSA) is 15.3 Å². The van der Waals surface area contributed by atoms with Gasteiger partial charge < -0.3 is 10.2 Å². The third-order valence-corrected chi connectivity index (χ3v) is 4.90. The molecule has 0 radical (unpaired) electrons. The van der Waals surface area contributed by atoms with Crippen LogP contribution >= 0.6 is 0 Å². The zero-order chi connectivity index (χ0) is 15.5. The van der Waals surface area contributed by atoms with Gasteiger partial charge in [0, 0.05) is 12.1 Å². The Balaban J connectivity index is 2.05. The molecule has 1 aromatic rings. The van der Waals surface area contributed by atoms with E-state index in [0.717, 1.165) is 5.92 Å². The second kappa shape index (κ2) is 6.93. The van der Waals surface area contributed by atoms with Crippen LogP contribution in [0.3, 0.4) is 0 Å². The summed E-state index contributed by atoms with van der Waals surface area (Å²) in [5, 5.41) is 3.94. The van der Waals surface area contributed by atoms with Gasteiger partial charge in [0.1, 0.15) is 0 Å². The van der Waals surface area contributed by atoms with E-state index >= 15 is 0 Å².